The third-order valence-corrected chi connectivity index (χ3v) is 3.98. The van der Waals surface area contributed by atoms with Gasteiger partial charge in [0, 0.05) is 5.56 Å². The molecule has 0 radical (unpaired) electrons. The van der Waals surface area contributed by atoms with E-state index in [1.54, 1.807) is 54.5 Å². The van der Waals surface area contributed by atoms with E-state index in [0.29, 0.717) is 28.9 Å². The number of hydrogen-bond donors (Lipinski definition) is 1. The molecule has 0 saturated carbocycles. The van der Waals surface area contributed by atoms with Crippen LogP contribution in [0, 0.1) is 5.82 Å². The van der Waals surface area contributed by atoms with Gasteiger partial charge in [-0.15, -0.1) is 0 Å². The van der Waals surface area contributed by atoms with E-state index in [0.717, 1.165) is 5.56 Å². The van der Waals surface area contributed by atoms with Crippen molar-refractivity contribution in [3.05, 3.63) is 71.5 Å². The maximum atomic E-state index is 13.0. The predicted octanol–water partition coefficient (Wildman–Crippen LogP) is 4.20. The number of amides is 1. The van der Waals surface area contributed by atoms with Gasteiger partial charge in [-0.2, -0.15) is 0 Å². The molecular formula is C19H17ClFN3O2. The van der Waals surface area contributed by atoms with E-state index in [4.69, 9.17) is 16.0 Å². The van der Waals surface area contributed by atoms with E-state index >= 15 is 0 Å². The van der Waals surface area contributed by atoms with Gasteiger partial charge in [-0.3, -0.25) is 9.69 Å². The molecule has 0 fully saturated rings. The molecule has 1 amide bonds. The van der Waals surface area contributed by atoms with Gasteiger partial charge in [-0.1, -0.05) is 23.7 Å². The van der Waals surface area contributed by atoms with Crippen LogP contribution in [0.3, 0.4) is 0 Å². The molecule has 1 heterocycles. The summed E-state index contributed by atoms with van der Waals surface area (Å²) in [6, 6.07) is 13.0. The van der Waals surface area contributed by atoms with Crippen molar-refractivity contribution in [1.82, 2.24) is 9.88 Å². The molecule has 0 unspecified atom stereocenters. The van der Waals surface area contributed by atoms with Gasteiger partial charge in [-0.25, -0.2) is 9.37 Å². The molecule has 1 aromatic heterocycles. The van der Waals surface area contributed by atoms with Gasteiger partial charge in [-0.05, 0) is 43.4 Å². The highest BCUT2D eigenvalue weighted by molar-refractivity contribution is 6.33. The number of anilines is 1. The molecule has 0 aliphatic heterocycles. The predicted molar refractivity (Wildman–Crippen MR) is 98.3 cm³/mol. The SMILES string of the molecule is CN(CC(=O)Nc1ccccc1Cl)Cc1ncc(-c2ccc(F)cc2)o1. The molecule has 0 atom stereocenters. The van der Waals surface area contributed by atoms with Crippen LogP contribution in [0.1, 0.15) is 5.89 Å². The molecule has 5 nitrogen and oxygen atoms in total. The average Bonchev–Trinajstić information content (AvgIpc) is 3.05. The number of oxazole rings is 1. The largest absolute Gasteiger partial charge is 0.439 e. The van der Waals surface area contributed by atoms with Crippen LogP contribution in [-0.4, -0.2) is 29.4 Å². The van der Waals surface area contributed by atoms with Crippen LogP contribution in [0.4, 0.5) is 10.1 Å². The highest BCUT2D eigenvalue weighted by Crippen LogP contribution is 2.22. The number of carbonyl (C=O) groups is 1. The Morgan fingerprint density at radius 1 is 1.23 bits per heavy atom. The van der Waals surface area contributed by atoms with Crippen molar-refractivity contribution in [2.45, 2.75) is 6.54 Å². The molecule has 2 aromatic carbocycles. The first-order valence-corrected chi connectivity index (χ1v) is 8.32. The lowest BCUT2D eigenvalue weighted by Gasteiger charge is -2.14. The molecule has 3 rings (SSSR count). The molecule has 0 aliphatic rings. The smallest absolute Gasteiger partial charge is 0.238 e. The second-order valence-electron chi connectivity index (χ2n) is 5.83. The summed E-state index contributed by atoms with van der Waals surface area (Å²) in [7, 11) is 1.79. The quantitative estimate of drug-likeness (QED) is 0.703. The molecule has 1 N–H and O–H groups in total. The lowest BCUT2D eigenvalue weighted by atomic mass is 10.2. The van der Waals surface area contributed by atoms with Gasteiger partial charge in [0.05, 0.1) is 30.0 Å². The molecule has 0 spiro atoms. The summed E-state index contributed by atoms with van der Waals surface area (Å²) in [5, 5.41) is 3.25. The maximum Gasteiger partial charge on any atom is 0.238 e. The van der Waals surface area contributed by atoms with Gasteiger partial charge >= 0.3 is 0 Å². The fraction of sp³-hybridized carbons (Fsp3) is 0.158. The average molecular weight is 374 g/mol. The fourth-order valence-electron chi connectivity index (χ4n) is 2.42. The van der Waals surface area contributed by atoms with E-state index in [1.807, 2.05) is 0 Å². The number of benzene rings is 2. The van der Waals surface area contributed by atoms with E-state index < -0.39 is 0 Å². The Kier molecular flexibility index (Phi) is 5.65. The zero-order valence-electron chi connectivity index (χ0n) is 14.1. The third-order valence-electron chi connectivity index (χ3n) is 3.65. The molecule has 7 heteroatoms. The van der Waals surface area contributed by atoms with Crippen molar-refractivity contribution in [3.63, 3.8) is 0 Å². The zero-order chi connectivity index (χ0) is 18.5. The van der Waals surface area contributed by atoms with Crippen molar-refractivity contribution in [2.24, 2.45) is 0 Å². The molecule has 0 bridgehead atoms. The first kappa shape index (κ1) is 18.1. The summed E-state index contributed by atoms with van der Waals surface area (Å²) in [5.74, 6) is 0.523. The van der Waals surface area contributed by atoms with Crippen LogP contribution < -0.4 is 5.32 Å². The summed E-state index contributed by atoms with van der Waals surface area (Å²) >= 11 is 6.03. The van der Waals surface area contributed by atoms with Gasteiger partial charge < -0.3 is 9.73 Å². The van der Waals surface area contributed by atoms with Gasteiger partial charge in [0.2, 0.25) is 11.8 Å². The number of halogens is 2. The highest BCUT2D eigenvalue weighted by Gasteiger charge is 2.13. The van der Waals surface area contributed by atoms with Crippen LogP contribution in [-0.2, 0) is 11.3 Å². The topological polar surface area (TPSA) is 58.4 Å². The number of likely N-dealkylation sites (N-methyl/N-ethyl adjacent to an activating group) is 1. The van der Waals surface area contributed by atoms with Crippen molar-refractivity contribution in [3.8, 4) is 11.3 Å². The second-order valence-corrected chi connectivity index (χ2v) is 6.23. The van der Waals surface area contributed by atoms with Crippen molar-refractivity contribution in [2.75, 3.05) is 18.9 Å². The number of hydrogen-bond acceptors (Lipinski definition) is 4. The Balaban J connectivity index is 1.56. The van der Waals surface area contributed by atoms with E-state index in [2.05, 4.69) is 10.3 Å². The van der Waals surface area contributed by atoms with Crippen LogP contribution in [0.5, 0.6) is 0 Å². The number of rotatable bonds is 6. The van der Waals surface area contributed by atoms with Gasteiger partial charge in [0.1, 0.15) is 5.82 Å². The van der Waals surface area contributed by atoms with Crippen molar-refractivity contribution >= 4 is 23.2 Å². The molecule has 0 saturated heterocycles. The van der Waals surface area contributed by atoms with Gasteiger partial charge in [0.25, 0.3) is 0 Å². The highest BCUT2D eigenvalue weighted by atomic mass is 35.5. The second kappa shape index (κ2) is 8.12. The summed E-state index contributed by atoms with van der Waals surface area (Å²) in [4.78, 5) is 18.1. The molecule has 26 heavy (non-hydrogen) atoms. The number of carbonyl (C=O) groups excluding carboxylic acids is 1. The van der Waals surface area contributed by atoms with Gasteiger partial charge in [0.15, 0.2) is 5.76 Å². The zero-order valence-corrected chi connectivity index (χ0v) is 14.8. The Bertz CT molecular complexity index is 896. The van der Waals surface area contributed by atoms with E-state index in [9.17, 15) is 9.18 Å². The number of para-hydroxylation sites is 1. The van der Waals surface area contributed by atoms with Crippen LogP contribution in [0.15, 0.2) is 59.1 Å². The summed E-state index contributed by atoms with van der Waals surface area (Å²) in [6.07, 6.45) is 1.58. The minimum absolute atomic E-state index is 0.152. The first-order chi connectivity index (χ1) is 12.5. The number of nitrogens with one attached hydrogen (secondary N) is 1. The van der Waals surface area contributed by atoms with Crippen LogP contribution in [0.2, 0.25) is 5.02 Å². The first-order valence-electron chi connectivity index (χ1n) is 7.95. The lowest BCUT2D eigenvalue weighted by molar-refractivity contribution is -0.117. The minimum Gasteiger partial charge on any atom is -0.439 e. The van der Waals surface area contributed by atoms with E-state index in [1.165, 1.54) is 12.1 Å². The fourth-order valence-corrected chi connectivity index (χ4v) is 2.60. The van der Waals surface area contributed by atoms with Crippen molar-refractivity contribution < 1.29 is 13.6 Å². The maximum absolute atomic E-state index is 13.0. The number of aromatic nitrogens is 1. The van der Waals surface area contributed by atoms with E-state index in [-0.39, 0.29) is 18.3 Å². The molecular weight excluding hydrogens is 357 g/mol. The standard InChI is InChI=1S/C19H17ClFN3O2/c1-24(11-18(25)23-16-5-3-2-4-15(16)20)12-19-22-10-17(26-19)13-6-8-14(21)9-7-13/h2-10H,11-12H2,1H3,(H,23,25). The Morgan fingerprint density at radius 3 is 2.69 bits per heavy atom. The normalized spacial score (nSPS) is 10.9. The summed E-state index contributed by atoms with van der Waals surface area (Å²) < 4.78 is 18.7. The summed E-state index contributed by atoms with van der Waals surface area (Å²) in [6.45, 7) is 0.511. The molecule has 0 aliphatic carbocycles. The summed E-state index contributed by atoms with van der Waals surface area (Å²) in [5.41, 5.74) is 1.31. The van der Waals surface area contributed by atoms with Crippen molar-refractivity contribution in [1.29, 1.82) is 0 Å². The Morgan fingerprint density at radius 2 is 1.96 bits per heavy atom. The Hall–Kier alpha value is -2.70. The molecule has 3 aromatic rings. The Labute approximate surface area is 155 Å². The van der Waals surface area contributed by atoms with Crippen LogP contribution in [0.25, 0.3) is 11.3 Å². The van der Waals surface area contributed by atoms with Crippen LogP contribution >= 0.6 is 11.6 Å². The third kappa shape index (κ3) is 4.68. The number of nitrogens with zero attached hydrogens (tertiary/aromatic N) is 2. The monoisotopic (exact) mass is 373 g/mol. The lowest BCUT2D eigenvalue weighted by Crippen LogP contribution is -2.30. The molecule has 134 valence electrons. The minimum atomic E-state index is -0.308.